The Kier molecular flexibility index (Phi) is 7.41. The molecule has 4 nitrogen and oxygen atoms in total. The molecule has 0 aliphatic carbocycles. The summed E-state index contributed by atoms with van der Waals surface area (Å²) in [5.74, 6) is 1.26. The Morgan fingerprint density at radius 2 is 1.68 bits per heavy atom. The molecule has 0 aliphatic heterocycles. The third kappa shape index (κ3) is 5.55. The molecule has 0 radical (unpaired) electrons. The summed E-state index contributed by atoms with van der Waals surface area (Å²) in [5.41, 5.74) is 1.54. The van der Waals surface area contributed by atoms with Crippen molar-refractivity contribution in [3.8, 4) is 11.5 Å². The number of amides is 1. The maximum atomic E-state index is 12.1. The van der Waals surface area contributed by atoms with Crippen LogP contribution in [0.15, 0.2) is 36.4 Å². The van der Waals surface area contributed by atoms with Gasteiger partial charge in [-0.25, -0.2) is 0 Å². The summed E-state index contributed by atoms with van der Waals surface area (Å²) in [6.07, 6.45) is 0.680. The summed E-state index contributed by atoms with van der Waals surface area (Å²) in [4.78, 5) is 12.1. The molecule has 1 amide bonds. The summed E-state index contributed by atoms with van der Waals surface area (Å²) < 4.78 is 11.2. The van der Waals surface area contributed by atoms with E-state index in [1.807, 2.05) is 32.0 Å². The lowest BCUT2D eigenvalue weighted by Crippen LogP contribution is -2.25. The van der Waals surface area contributed by atoms with Crippen LogP contribution in [-0.2, 0) is 6.42 Å². The van der Waals surface area contributed by atoms with Crippen molar-refractivity contribution in [2.24, 2.45) is 0 Å². The second-order valence-corrected chi connectivity index (χ2v) is 6.10. The van der Waals surface area contributed by atoms with Crippen molar-refractivity contribution in [3.05, 3.63) is 57.6 Å². The van der Waals surface area contributed by atoms with Gasteiger partial charge in [-0.15, -0.1) is 0 Å². The molecule has 2 aromatic carbocycles. The first-order chi connectivity index (χ1) is 12.0. The van der Waals surface area contributed by atoms with Crippen molar-refractivity contribution >= 4 is 29.1 Å². The van der Waals surface area contributed by atoms with Gasteiger partial charge in [-0.1, -0.05) is 29.3 Å². The fraction of sp³-hybridized carbons (Fsp3) is 0.316. The zero-order valence-corrected chi connectivity index (χ0v) is 15.8. The largest absolute Gasteiger partial charge is 0.490 e. The molecule has 0 bridgehead atoms. The van der Waals surface area contributed by atoms with E-state index < -0.39 is 0 Å². The second-order valence-electron chi connectivity index (χ2n) is 5.28. The lowest BCUT2D eigenvalue weighted by molar-refractivity contribution is 0.0954. The van der Waals surface area contributed by atoms with Crippen LogP contribution in [0.5, 0.6) is 11.5 Å². The Morgan fingerprint density at radius 1 is 0.960 bits per heavy atom. The van der Waals surface area contributed by atoms with Crippen molar-refractivity contribution in [1.82, 2.24) is 5.32 Å². The van der Waals surface area contributed by atoms with E-state index in [-0.39, 0.29) is 5.91 Å². The van der Waals surface area contributed by atoms with Gasteiger partial charge in [-0.2, -0.15) is 0 Å². The number of ether oxygens (including phenoxy) is 2. The van der Waals surface area contributed by atoms with Gasteiger partial charge >= 0.3 is 0 Å². The summed E-state index contributed by atoms with van der Waals surface area (Å²) in [6.45, 7) is 5.51. The summed E-state index contributed by atoms with van der Waals surface area (Å²) in [6, 6.07) is 10.6. The fourth-order valence-electron chi connectivity index (χ4n) is 2.31. The van der Waals surface area contributed by atoms with Crippen molar-refractivity contribution in [1.29, 1.82) is 0 Å². The molecule has 0 aromatic heterocycles. The molecule has 0 aliphatic rings. The molecule has 0 saturated heterocycles. The molecule has 0 atom stereocenters. The molecule has 25 heavy (non-hydrogen) atoms. The van der Waals surface area contributed by atoms with Crippen molar-refractivity contribution in [2.75, 3.05) is 19.8 Å². The van der Waals surface area contributed by atoms with E-state index in [2.05, 4.69) is 5.32 Å². The first-order valence-corrected chi connectivity index (χ1v) is 8.92. The smallest absolute Gasteiger partial charge is 0.251 e. The normalized spacial score (nSPS) is 10.4. The van der Waals surface area contributed by atoms with Crippen molar-refractivity contribution in [2.45, 2.75) is 20.3 Å². The molecule has 134 valence electrons. The first-order valence-electron chi connectivity index (χ1n) is 8.17. The molecule has 0 heterocycles. The van der Waals surface area contributed by atoms with Crippen LogP contribution in [0.3, 0.4) is 0 Å². The molecule has 0 spiro atoms. The minimum absolute atomic E-state index is 0.186. The van der Waals surface area contributed by atoms with Crippen molar-refractivity contribution in [3.63, 3.8) is 0 Å². The number of carbonyl (C=O) groups excluding carboxylic acids is 1. The van der Waals surface area contributed by atoms with E-state index in [1.54, 1.807) is 18.2 Å². The Balaban J connectivity index is 1.95. The minimum atomic E-state index is -0.186. The summed E-state index contributed by atoms with van der Waals surface area (Å²) >= 11 is 11.8. The van der Waals surface area contributed by atoms with E-state index in [1.165, 1.54) is 0 Å². The average Bonchev–Trinajstić information content (AvgIpc) is 2.60. The monoisotopic (exact) mass is 381 g/mol. The van der Waals surface area contributed by atoms with Gasteiger partial charge in [0.2, 0.25) is 0 Å². The van der Waals surface area contributed by atoms with Gasteiger partial charge in [0.15, 0.2) is 11.5 Å². The van der Waals surface area contributed by atoms with E-state index in [0.29, 0.717) is 41.8 Å². The predicted octanol–water partition coefficient (Wildman–Crippen LogP) is 4.76. The third-order valence-electron chi connectivity index (χ3n) is 3.49. The molecule has 0 saturated carbocycles. The summed E-state index contributed by atoms with van der Waals surface area (Å²) in [5, 5.41) is 3.66. The van der Waals surface area contributed by atoms with Crippen LogP contribution in [0.2, 0.25) is 10.0 Å². The predicted molar refractivity (Wildman–Crippen MR) is 101 cm³/mol. The zero-order valence-electron chi connectivity index (χ0n) is 14.3. The van der Waals surface area contributed by atoms with Gasteiger partial charge in [-0.05, 0) is 56.2 Å². The van der Waals surface area contributed by atoms with Crippen LogP contribution >= 0.6 is 23.2 Å². The highest BCUT2D eigenvalue weighted by atomic mass is 35.5. The second kappa shape index (κ2) is 9.54. The first kappa shape index (κ1) is 19.4. The molecule has 2 aromatic rings. The number of rotatable bonds is 8. The SMILES string of the molecule is CCOc1ccc(CCNC(=O)c2ccc(Cl)c(Cl)c2)cc1OCC. The molecule has 2 rings (SSSR count). The zero-order chi connectivity index (χ0) is 18.2. The van der Waals surface area contributed by atoms with Gasteiger partial charge in [0, 0.05) is 12.1 Å². The average molecular weight is 382 g/mol. The minimum Gasteiger partial charge on any atom is -0.490 e. The van der Waals surface area contributed by atoms with Crippen LogP contribution in [0.4, 0.5) is 0 Å². The number of hydrogen-bond donors (Lipinski definition) is 1. The third-order valence-corrected chi connectivity index (χ3v) is 4.23. The maximum Gasteiger partial charge on any atom is 0.251 e. The maximum absolute atomic E-state index is 12.1. The topological polar surface area (TPSA) is 47.6 Å². The molecule has 0 unspecified atom stereocenters. The van der Waals surface area contributed by atoms with Crippen LogP contribution in [-0.4, -0.2) is 25.7 Å². The Morgan fingerprint density at radius 3 is 2.36 bits per heavy atom. The van der Waals surface area contributed by atoms with E-state index in [4.69, 9.17) is 32.7 Å². The quantitative estimate of drug-likeness (QED) is 0.716. The highest BCUT2D eigenvalue weighted by Gasteiger charge is 2.09. The molecular weight excluding hydrogens is 361 g/mol. The van der Waals surface area contributed by atoms with Gasteiger partial charge < -0.3 is 14.8 Å². The van der Waals surface area contributed by atoms with Crippen LogP contribution in [0.1, 0.15) is 29.8 Å². The standard InChI is InChI=1S/C19H21Cl2NO3/c1-3-24-17-8-5-13(11-18(17)25-4-2)9-10-22-19(23)14-6-7-15(20)16(21)12-14/h5-8,11-12H,3-4,9-10H2,1-2H3,(H,22,23). The Bertz CT molecular complexity index is 735. The van der Waals surface area contributed by atoms with E-state index in [0.717, 1.165) is 17.1 Å². The number of carbonyl (C=O) groups is 1. The van der Waals surface area contributed by atoms with Gasteiger partial charge in [0.05, 0.1) is 23.3 Å². The lowest BCUT2D eigenvalue weighted by atomic mass is 10.1. The Labute approximate surface area is 158 Å². The van der Waals surface area contributed by atoms with Gasteiger partial charge in [0.25, 0.3) is 5.91 Å². The number of halogens is 2. The fourth-order valence-corrected chi connectivity index (χ4v) is 2.61. The van der Waals surface area contributed by atoms with Crippen LogP contribution < -0.4 is 14.8 Å². The summed E-state index contributed by atoms with van der Waals surface area (Å²) in [7, 11) is 0. The van der Waals surface area contributed by atoms with Gasteiger partial charge in [-0.3, -0.25) is 4.79 Å². The number of hydrogen-bond acceptors (Lipinski definition) is 3. The Hall–Kier alpha value is -1.91. The highest BCUT2D eigenvalue weighted by Crippen LogP contribution is 2.28. The molecule has 0 fully saturated rings. The van der Waals surface area contributed by atoms with E-state index in [9.17, 15) is 4.79 Å². The number of benzene rings is 2. The van der Waals surface area contributed by atoms with Crippen LogP contribution in [0, 0.1) is 0 Å². The van der Waals surface area contributed by atoms with Crippen LogP contribution in [0.25, 0.3) is 0 Å². The highest BCUT2D eigenvalue weighted by molar-refractivity contribution is 6.42. The van der Waals surface area contributed by atoms with Gasteiger partial charge in [0.1, 0.15) is 0 Å². The number of nitrogens with one attached hydrogen (secondary N) is 1. The van der Waals surface area contributed by atoms with Crippen molar-refractivity contribution < 1.29 is 14.3 Å². The lowest BCUT2D eigenvalue weighted by Gasteiger charge is -2.12. The molecular formula is C19H21Cl2NO3. The van der Waals surface area contributed by atoms with E-state index >= 15 is 0 Å². The molecule has 6 heteroatoms. The molecule has 1 N–H and O–H groups in total.